The van der Waals surface area contributed by atoms with E-state index < -0.39 is 12.1 Å². The monoisotopic (exact) mass is 242 g/mol. The Morgan fingerprint density at radius 1 is 1.50 bits per heavy atom. The summed E-state index contributed by atoms with van der Waals surface area (Å²) in [6.45, 7) is 3.56. The summed E-state index contributed by atoms with van der Waals surface area (Å²) in [4.78, 5) is 10.6. The minimum Gasteiger partial charge on any atom is -0.481 e. The number of carboxylic acids is 1. The van der Waals surface area contributed by atoms with Crippen molar-refractivity contribution in [2.45, 2.75) is 26.4 Å². The zero-order valence-electron chi connectivity index (χ0n) is 9.27. The van der Waals surface area contributed by atoms with E-state index >= 15 is 0 Å². The number of hydrogen-bond donors (Lipinski definition) is 2. The molecule has 0 spiro atoms. The molecular formula is C12H15ClO3. The minimum atomic E-state index is -0.904. The Balaban J connectivity index is 2.87. The van der Waals surface area contributed by atoms with Gasteiger partial charge in [-0.1, -0.05) is 24.6 Å². The SMILES string of the molecule is Cc1cc(Cl)ccc1C(O)C(C)CC(=O)O. The summed E-state index contributed by atoms with van der Waals surface area (Å²) < 4.78 is 0. The first-order valence-corrected chi connectivity index (χ1v) is 5.45. The molecule has 4 heteroatoms. The Morgan fingerprint density at radius 3 is 2.62 bits per heavy atom. The zero-order valence-corrected chi connectivity index (χ0v) is 10.0. The van der Waals surface area contributed by atoms with Gasteiger partial charge in [-0.2, -0.15) is 0 Å². The van der Waals surface area contributed by atoms with E-state index in [1.54, 1.807) is 25.1 Å². The van der Waals surface area contributed by atoms with Gasteiger partial charge in [0.15, 0.2) is 0 Å². The third-order valence-electron chi connectivity index (χ3n) is 2.59. The molecule has 0 fully saturated rings. The molecule has 0 aliphatic heterocycles. The Labute approximate surface area is 99.7 Å². The van der Waals surface area contributed by atoms with Crippen LogP contribution in [-0.2, 0) is 4.79 Å². The summed E-state index contributed by atoms with van der Waals surface area (Å²) in [6.07, 6.45) is -0.822. The van der Waals surface area contributed by atoms with Crippen molar-refractivity contribution in [1.29, 1.82) is 0 Å². The van der Waals surface area contributed by atoms with Crippen LogP contribution in [0.2, 0.25) is 5.02 Å². The van der Waals surface area contributed by atoms with Crippen LogP contribution < -0.4 is 0 Å². The van der Waals surface area contributed by atoms with Crippen LogP contribution in [-0.4, -0.2) is 16.2 Å². The number of aliphatic carboxylic acids is 1. The highest BCUT2D eigenvalue weighted by Crippen LogP contribution is 2.28. The van der Waals surface area contributed by atoms with Gasteiger partial charge in [0.05, 0.1) is 12.5 Å². The summed E-state index contributed by atoms with van der Waals surface area (Å²) in [5.41, 5.74) is 1.61. The van der Waals surface area contributed by atoms with Gasteiger partial charge < -0.3 is 10.2 Å². The molecule has 0 saturated heterocycles. The smallest absolute Gasteiger partial charge is 0.303 e. The molecule has 2 unspecified atom stereocenters. The van der Waals surface area contributed by atoms with E-state index in [9.17, 15) is 9.90 Å². The summed E-state index contributed by atoms with van der Waals surface area (Å²) in [7, 11) is 0. The normalized spacial score (nSPS) is 14.5. The first-order valence-electron chi connectivity index (χ1n) is 5.07. The number of rotatable bonds is 4. The third kappa shape index (κ3) is 3.22. The Bertz CT molecular complexity index is 390. The topological polar surface area (TPSA) is 57.5 Å². The second-order valence-corrected chi connectivity index (χ2v) is 4.46. The first kappa shape index (κ1) is 13.0. The zero-order chi connectivity index (χ0) is 12.3. The molecule has 0 heterocycles. The number of carboxylic acid groups (broad SMARTS) is 1. The molecule has 0 aliphatic carbocycles. The lowest BCUT2D eigenvalue weighted by molar-refractivity contribution is -0.139. The van der Waals surface area contributed by atoms with Crippen LogP contribution in [0.4, 0.5) is 0 Å². The van der Waals surface area contributed by atoms with Crippen LogP contribution in [0.5, 0.6) is 0 Å². The maximum Gasteiger partial charge on any atom is 0.303 e. The van der Waals surface area contributed by atoms with Crippen molar-refractivity contribution in [3.63, 3.8) is 0 Å². The molecule has 2 N–H and O–H groups in total. The number of carbonyl (C=O) groups is 1. The molecule has 0 saturated carbocycles. The fourth-order valence-electron chi connectivity index (χ4n) is 1.66. The van der Waals surface area contributed by atoms with E-state index in [-0.39, 0.29) is 12.3 Å². The predicted molar refractivity (Wildman–Crippen MR) is 62.6 cm³/mol. The van der Waals surface area contributed by atoms with Gasteiger partial charge in [-0.05, 0) is 36.1 Å². The van der Waals surface area contributed by atoms with E-state index in [1.807, 2.05) is 6.92 Å². The quantitative estimate of drug-likeness (QED) is 0.854. The average molecular weight is 243 g/mol. The fraction of sp³-hybridized carbons (Fsp3) is 0.417. The molecule has 88 valence electrons. The molecule has 0 bridgehead atoms. The van der Waals surface area contributed by atoms with Gasteiger partial charge in [-0.25, -0.2) is 0 Å². The van der Waals surface area contributed by atoms with Gasteiger partial charge in [0.1, 0.15) is 0 Å². The lowest BCUT2D eigenvalue weighted by Crippen LogP contribution is -2.14. The average Bonchev–Trinajstić information content (AvgIpc) is 2.15. The van der Waals surface area contributed by atoms with Crippen molar-refractivity contribution in [3.05, 3.63) is 34.3 Å². The van der Waals surface area contributed by atoms with Crippen LogP contribution in [0.1, 0.15) is 30.6 Å². The lowest BCUT2D eigenvalue weighted by atomic mass is 9.92. The van der Waals surface area contributed by atoms with Gasteiger partial charge in [0.2, 0.25) is 0 Å². The van der Waals surface area contributed by atoms with Crippen molar-refractivity contribution in [3.8, 4) is 0 Å². The Hall–Kier alpha value is -1.06. The number of hydrogen-bond acceptors (Lipinski definition) is 2. The van der Waals surface area contributed by atoms with E-state index in [1.165, 1.54) is 0 Å². The Morgan fingerprint density at radius 2 is 2.12 bits per heavy atom. The standard InChI is InChI=1S/C12H15ClO3/c1-7-5-9(13)3-4-10(7)12(16)8(2)6-11(14)15/h3-5,8,12,16H,6H2,1-2H3,(H,14,15). The van der Waals surface area contributed by atoms with Crippen molar-refractivity contribution >= 4 is 17.6 Å². The fourth-order valence-corrected chi connectivity index (χ4v) is 1.89. The highest BCUT2D eigenvalue weighted by Gasteiger charge is 2.20. The van der Waals surface area contributed by atoms with Gasteiger partial charge in [0, 0.05) is 5.02 Å². The number of halogens is 1. The van der Waals surface area contributed by atoms with Crippen molar-refractivity contribution < 1.29 is 15.0 Å². The van der Waals surface area contributed by atoms with E-state index in [0.717, 1.165) is 11.1 Å². The van der Waals surface area contributed by atoms with Gasteiger partial charge in [0.25, 0.3) is 0 Å². The van der Waals surface area contributed by atoms with Crippen molar-refractivity contribution in [2.75, 3.05) is 0 Å². The second-order valence-electron chi connectivity index (χ2n) is 4.02. The van der Waals surface area contributed by atoms with Crippen molar-refractivity contribution in [1.82, 2.24) is 0 Å². The number of aryl methyl sites for hydroxylation is 1. The van der Waals surface area contributed by atoms with Gasteiger partial charge >= 0.3 is 5.97 Å². The molecule has 16 heavy (non-hydrogen) atoms. The molecule has 1 aromatic carbocycles. The molecule has 2 atom stereocenters. The van der Waals surface area contributed by atoms with Crippen LogP contribution in [0, 0.1) is 12.8 Å². The number of benzene rings is 1. The molecule has 0 radical (unpaired) electrons. The van der Waals surface area contributed by atoms with Crippen LogP contribution >= 0.6 is 11.6 Å². The van der Waals surface area contributed by atoms with Gasteiger partial charge in [-0.3, -0.25) is 4.79 Å². The third-order valence-corrected chi connectivity index (χ3v) is 2.82. The summed E-state index contributed by atoms with van der Waals surface area (Å²) in [6, 6.07) is 5.19. The minimum absolute atomic E-state index is 0.0523. The lowest BCUT2D eigenvalue weighted by Gasteiger charge is -2.19. The van der Waals surface area contributed by atoms with Crippen LogP contribution in [0.15, 0.2) is 18.2 Å². The molecule has 1 aromatic rings. The maximum absolute atomic E-state index is 10.6. The largest absolute Gasteiger partial charge is 0.481 e. The Kier molecular flexibility index (Phi) is 4.33. The summed E-state index contributed by atoms with van der Waals surface area (Å²) >= 11 is 5.81. The predicted octanol–water partition coefficient (Wildman–Crippen LogP) is 2.79. The molecule has 1 rings (SSSR count). The van der Waals surface area contributed by atoms with Crippen LogP contribution in [0.3, 0.4) is 0 Å². The number of aliphatic hydroxyl groups excluding tert-OH is 1. The molecule has 3 nitrogen and oxygen atoms in total. The van der Waals surface area contributed by atoms with E-state index in [4.69, 9.17) is 16.7 Å². The summed E-state index contributed by atoms with van der Waals surface area (Å²) in [5, 5.41) is 19.3. The van der Waals surface area contributed by atoms with E-state index in [2.05, 4.69) is 0 Å². The van der Waals surface area contributed by atoms with Gasteiger partial charge in [-0.15, -0.1) is 0 Å². The molecule has 0 amide bonds. The van der Waals surface area contributed by atoms with E-state index in [0.29, 0.717) is 5.02 Å². The summed E-state index contributed by atoms with van der Waals surface area (Å²) in [5.74, 6) is -1.23. The number of aliphatic hydroxyl groups is 1. The molecule has 0 aromatic heterocycles. The molecule has 0 aliphatic rings. The molecular weight excluding hydrogens is 228 g/mol. The second kappa shape index (κ2) is 5.32. The maximum atomic E-state index is 10.6. The van der Waals surface area contributed by atoms with Crippen LogP contribution in [0.25, 0.3) is 0 Å². The first-order chi connectivity index (χ1) is 7.41. The highest BCUT2D eigenvalue weighted by molar-refractivity contribution is 6.30. The highest BCUT2D eigenvalue weighted by atomic mass is 35.5. The van der Waals surface area contributed by atoms with Crippen molar-refractivity contribution in [2.24, 2.45) is 5.92 Å².